The maximum atomic E-state index is 11.9. The molecular formula is C14H20ClN3O. The Morgan fingerprint density at radius 3 is 2.79 bits per heavy atom. The SMILES string of the molecule is CCN(CCC(=O)Nc1ccccc1Cl)C1CNC1. The second kappa shape index (κ2) is 6.89. The van der Waals surface area contributed by atoms with Crippen LogP contribution < -0.4 is 10.6 Å². The van der Waals surface area contributed by atoms with Crippen LogP contribution in [-0.4, -0.2) is 43.0 Å². The molecule has 5 heteroatoms. The van der Waals surface area contributed by atoms with Gasteiger partial charge in [0.05, 0.1) is 10.7 Å². The molecule has 1 aromatic carbocycles. The molecular weight excluding hydrogens is 262 g/mol. The van der Waals surface area contributed by atoms with Gasteiger partial charge in [0.1, 0.15) is 0 Å². The van der Waals surface area contributed by atoms with Crippen molar-refractivity contribution in [1.82, 2.24) is 10.2 Å². The highest BCUT2D eigenvalue weighted by Crippen LogP contribution is 2.20. The largest absolute Gasteiger partial charge is 0.325 e. The first-order chi connectivity index (χ1) is 9.20. The van der Waals surface area contributed by atoms with E-state index < -0.39 is 0 Å². The molecule has 104 valence electrons. The summed E-state index contributed by atoms with van der Waals surface area (Å²) in [6.07, 6.45) is 0.496. The third-order valence-corrected chi connectivity index (χ3v) is 3.79. The lowest BCUT2D eigenvalue weighted by molar-refractivity contribution is -0.116. The minimum Gasteiger partial charge on any atom is -0.325 e. The maximum absolute atomic E-state index is 11.9. The van der Waals surface area contributed by atoms with Crippen molar-refractivity contribution in [3.05, 3.63) is 29.3 Å². The normalized spacial score (nSPS) is 15.3. The number of likely N-dealkylation sites (N-methyl/N-ethyl adjacent to an activating group) is 1. The summed E-state index contributed by atoms with van der Waals surface area (Å²) in [6, 6.07) is 7.88. The Kier molecular flexibility index (Phi) is 5.19. The van der Waals surface area contributed by atoms with Crippen LogP contribution in [0.3, 0.4) is 0 Å². The molecule has 1 amide bonds. The van der Waals surface area contributed by atoms with Crippen LogP contribution in [0.2, 0.25) is 5.02 Å². The van der Waals surface area contributed by atoms with Gasteiger partial charge in [0.2, 0.25) is 5.91 Å². The molecule has 1 aliphatic heterocycles. The number of para-hydroxylation sites is 1. The van der Waals surface area contributed by atoms with Gasteiger partial charge >= 0.3 is 0 Å². The smallest absolute Gasteiger partial charge is 0.225 e. The Bertz CT molecular complexity index is 434. The van der Waals surface area contributed by atoms with Crippen LogP contribution in [0.4, 0.5) is 5.69 Å². The average Bonchev–Trinajstić information content (AvgIpc) is 2.35. The first-order valence-electron chi connectivity index (χ1n) is 6.70. The molecule has 1 heterocycles. The molecule has 0 atom stereocenters. The van der Waals surface area contributed by atoms with Crippen molar-refractivity contribution in [1.29, 1.82) is 0 Å². The van der Waals surface area contributed by atoms with E-state index in [-0.39, 0.29) is 5.91 Å². The van der Waals surface area contributed by atoms with Crippen molar-refractivity contribution in [2.45, 2.75) is 19.4 Å². The molecule has 0 saturated carbocycles. The number of anilines is 1. The van der Waals surface area contributed by atoms with Gasteiger partial charge in [0.25, 0.3) is 0 Å². The monoisotopic (exact) mass is 281 g/mol. The highest BCUT2D eigenvalue weighted by molar-refractivity contribution is 6.33. The fourth-order valence-corrected chi connectivity index (χ4v) is 2.33. The van der Waals surface area contributed by atoms with E-state index >= 15 is 0 Å². The lowest BCUT2D eigenvalue weighted by atomic mass is 10.1. The van der Waals surface area contributed by atoms with Gasteiger partial charge in [-0.25, -0.2) is 0 Å². The highest BCUT2D eigenvalue weighted by Gasteiger charge is 2.23. The molecule has 0 aromatic heterocycles. The van der Waals surface area contributed by atoms with Gasteiger partial charge in [0.15, 0.2) is 0 Å². The van der Waals surface area contributed by atoms with Gasteiger partial charge in [0, 0.05) is 32.1 Å². The summed E-state index contributed by atoms with van der Waals surface area (Å²) in [7, 11) is 0. The van der Waals surface area contributed by atoms with E-state index in [0.717, 1.165) is 26.2 Å². The van der Waals surface area contributed by atoms with Gasteiger partial charge in [-0.1, -0.05) is 30.7 Å². The number of hydrogen-bond acceptors (Lipinski definition) is 3. The highest BCUT2D eigenvalue weighted by atomic mass is 35.5. The minimum absolute atomic E-state index is 0.0128. The number of halogens is 1. The number of amides is 1. The third-order valence-electron chi connectivity index (χ3n) is 3.46. The van der Waals surface area contributed by atoms with Gasteiger partial charge in [-0.05, 0) is 18.7 Å². The van der Waals surface area contributed by atoms with Crippen molar-refractivity contribution in [2.75, 3.05) is 31.5 Å². The van der Waals surface area contributed by atoms with Crippen LogP contribution in [0.1, 0.15) is 13.3 Å². The predicted octanol–water partition coefficient (Wildman–Crippen LogP) is 1.96. The van der Waals surface area contributed by atoms with Gasteiger partial charge in [-0.2, -0.15) is 0 Å². The standard InChI is InChI=1S/C14H20ClN3O/c1-2-18(11-9-16-10-11)8-7-14(19)17-13-6-4-3-5-12(13)15/h3-6,11,16H,2,7-10H2,1H3,(H,17,19). The number of carbonyl (C=O) groups is 1. The minimum atomic E-state index is 0.0128. The molecule has 0 radical (unpaired) electrons. The van der Waals surface area contributed by atoms with Crippen LogP contribution >= 0.6 is 11.6 Å². The molecule has 2 rings (SSSR count). The van der Waals surface area contributed by atoms with Gasteiger partial charge in [-0.15, -0.1) is 0 Å². The number of hydrogen-bond donors (Lipinski definition) is 2. The molecule has 1 fully saturated rings. The Hall–Kier alpha value is -1.10. The molecule has 0 spiro atoms. The Morgan fingerprint density at radius 2 is 2.21 bits per heavy atom. The molecule has 1 aromatic rings. The second-order valence-corrected chi connectivity index (χ2v) is 5.13. The zero-order valence-corrected chi connectivity index (χ0v) is 11.9. The van der Waals surface area contributed by atoms with Gasteiger partial charge < -0.3 is 10.6 Å². The summed E-state index contributed by atoms with van der Waals surface area (Å²) in [5.41, 5.74) is 0.683. The summed E-state index contributed by atoms with van der Waals surface area (Å²) in [4.78, 5) is 14.2. The lowest BCUT2D eigenvalue weighted by Gasteiger charge is -2.37. The van der Waals surface area contributed by atoms with E-state index in [1.807, 2.05) is 18.2 Å². The van der Waals surface area contributed by atoms with E-state index in [0.29, 0.717) is 23.2 Å². The van der Waals surface area contributed by atoms with E-state index in [4.69, 9.17) is 11.6 Å². The molecule has 2 N–H and O–H groups in total. The zero-order valence-electron chi connectivity index (χ0n) is 11.2. The first kappa shape index (κ1) is 14.3. The third kappa shape index (κ3) is 3.93. The van der Waals surface area contributed by atoms with E-state index in [1.165, 1.54) is 0 Å². The summed E-state index contributed by atoms with van der Waals surface area (Å²) >= 11 is 6.01. The van der Waals surface area contributed by atoms with Crippen LogP contribution in [0.5, 0.6) is 0 Å². The maximum Gasteiger partial charge on any atom is 0.225 e. The Balaban J connectivity index is 1.79. The number of nitrogens with one attached hydrogen (secondary N) is 2. The summed E-state index contributed by atoms with van der Waals surface area (Å²) in [5.74, 6) is 0.0128. The van der Waals surface area contributed by atoms with Crippen molar-refractivity contribution < 1.29 is 4.79 Å². The zero-order chi connectivity index (χ0) is 13.7. The average molecular weight is 282 g/mol. The van der Waals surface area contributed by atoms with Crippen molar-refractivity contribution in [3.8, 4) is 0 Å². The molecule has 1 aliphatic rings. The quantitative estimate of drug-likeness (QED) is 0.838. The van der Waals surface area contributed by atoms with Crippen LogP contribution in [-0.2, 0) is 4.79 Å². The van der Waals surface area contributed by atoms with Crippen molar-refractivity contribution in [2.24, 2.45) is 0 Å². The molecule has 19 heavy (non-hydrogen) atoms. The summed E-state index contributed by atoms with van der Waals surface area (Å²) in [6.45, 7) is 5.95. The first-order valence-corrected chi connectivity index (χ1v) is 7.07. The summed E-state index contributed by atoms with van der Waals surface area (Å²) < 4.78 is 0. The van der Waals surface area contributed by atoms with E-state index in [9.17, 15) is 4.79 Å². The topological polar surface area (TPSA) is 44.4 Å². The van der Waals surface area contributed by atoms with E-state index in [1.54, 1.807) is 6.07 Å². The molecule has 1 saturated heterocycles. The Labute approximate surface area is 119 Å². The van der Waals surface area contributed by atoms with Crippen molar-refractivity contribution >= 4 is 23.2 Å². The van der Waals surface area contributed by atoms with Crippen LogP contribution in [0, 0.1) is 0 Å². The number of carbonyl (C=O) groups excluding carboxylic acids is 1. The molecule has 4 nitrogen and oxygen atoms in total. The molecule has 0 aliphatic carbocycles. The predicted molar refractivity (Wildman–Crippen MR) is 78.6 cm³/mol. The Morgan fingerprint density at radius 1 is 1.47 bits per heavy atom. The van der Waals surface area contributed by atoms with E-state index in [2.05, 4.69) is 22.5 Å². The van der Waals surface area contributed by atoms with Gasteiger partial charge in [-0.3, -0.25) is 9.69 Å². The number of rotatable bonds is 6. The molecule has 0 unspecified atom stereocenters. The number of nitrogens with zero attached hydrogens (tertiary/aromatic N) is 1. The molecule has 0 bridgehead atoms. The lowest BCUT2D eigenvalue weighted by Crippen LogP contribution is -2.57. The summed E-state index contributed by atoms with van der Waals surface area (Å²) in [5, 5.41) is 6.68. The fraction of sp³-hybridized carbons (Fsp3) is 0.500. The van der Waals surface area contributed by atoms with Crippen LogP contribution in [0.25, 0.3) is 0 Å². The number of benzene rings is 1. The van der Waals surface area contributed by atoms with Crippen molar-refractivity contribution in [3.63, 3.8) is 0 Å². The fourth-order valence-electron chi connectivity index (χ4n) is 2.15. The second-order valence-electron chi connectivity index (χ2n) is 4.72. The van der Waals surface area contributed by atoms with Crippen LogP contribution in [0.15, 0.2) is 24.3 Å².